The van der Waals surface area contributed by atoms with Gasteiger partial charge in [-0.15, -0.1) is 0 Å². The molecule has 1 aromatic heterocycles. The van der Waals surface area contributed by atoms with Crippen molar-refractivity contribution in [1.29, 1.82) is 0 Å². The summed E-state index contributed by atoms with van der Waals surface area (Å²) in [5, 5.41) is 3.52. The predicted octanol–water partition coefficient (Wildman–Crippen LogP) is 2.05. The lowest BCUT2D eigenvalue weighted by molar-refractivity contribution is 0.0832. The summed E-state index contributed by atoms with van der Waals surface area (Å²) in [5.74, 6) is 0. The predicted molar refractivity (Wildman–Crippen MR) is 64.2 cm³/mol. The summed E-state index contributed by atoms with van der Waals surface area (Å²) in [7, 11) is 0. The lowest BCUT2D eigenvalue weighted by atomic mass is 10.1. The van der Waals surface area contributed by atoms with Crippen LogP contribution in [0.5, 0.6) is 0 Å². The molecule has 2 atom stereocenters. The van der Waals surface area contributed by atoms with Gasteiger partial charge in [0.15, 0.2) is 0 Å². The Labute approximate surface area is 97.2 Å². The topological polar surface area (TPSA) is 34.2 Å². The van der Waals surface area contributed by atoms with Gasteiger partial charge in [0.05, 0.1) is 6.10 Å². The van der Waals surface area contributed by atoms with Gasteiger partial charge in [-0.3, -0.25) is 4.98 Å². The van der Waals surface area contributed by atoms with Crippen molar-refractivity contribution >= 4 is 0 Å². The van der Waals surface area contributed by atoms with Crippen LogP contribution in [0.2, 0.25) is 0 Å². The quantitative estimate of drug-likeness (QED) is 0.843. The summed E-state index contributed by atoms with van der Waals surface area (Å²) in [6.07, 6.45) is 6.53. The third-order valence-electron chi connectivity index (χ3n) is 3.28. The lowest BCUT2D eigenvalue weighted by Crippen LogP contribution is -2.36. The van der Waals surface area contributed by atoms with Gasteiger partial charge in [0, 0.05) is 31.6 Å². The van der Waals surface area contributed by atoms with E-state index in [9.17, 15) is 0 Å². The van der Waals surface area contributed by atoms with Gasteiger partial charge >= 0.3 is 0 Å². The lowest BCUT2D eigenvalue weighted by Gasteiger charge is -2.20. The highest BCUT2D eigenvalue weighted by Crippen LogP contribution is 2.16. The molecule has 0 amide bonds. The second kappa shape index (κ2) is 5.41. The molecule has 3 nitrogen and oxygen atoms in total. The average Bonchev–Trinajstić information content (AvgIpc) is 2.81. The Hall–Kier alpha value is -0.930. The summed E-state index contributed by atoms with van der Waals surface area (Å²) in [6, 6.07) is 2.47. The number of hydrogen-bond acceptors (Lipinski definition) is 3. The Morgan fingerprint density at radius 3 is 3.19 bits per heavy atom. The first-order chi connectivity index (χ1) is 7.77. The van der Waals surface area contributed by atoms with Crippen LogP contribution in [0.4, 0.5) is 0 Å². The number of aryl methyl sites for hydroxylation is 1. The van der Waals surface area contributed by atoms with Crippen LogP contribution in [-0.4, -0.2) is 23.7 Å². The van der Waals surface area contributed by atoms with E-state index >= 15 is 0 Å². The van der Waals surface area contributed by atoms with Crippen molar-refractivity contribution in [1.82, 2.24) is 10.3 Å². The molecule has 1 aromatic rings. The summed E-state index contributed by atoms with van der Waals surface area (Å²) in [4.78, 5) is 4.15. The number of rotatable bonds is 4. The average molecular weight is 220 g/mol. The number of ether oxygens (including phenoxy) is 1. The maximum Gasteiger partial charge on any atom is 0.0726 e. The third-order valence-corrected chi connectivity index (χ3v) is 3.28. The van der Waals surface area contributed by atoms with Crippen LogP contribution in [0.1, 0.15) is 30.9 Å². The zero-order valence-electron chi connectivity index (χ0n) is 10.1. The molecule has 2 rings (SSSR count). The van der Waals surface area contributed by atoms with Gasteiger partial charge in [0.25, 0.3) is 0 Å². The molecule has 1 aliphatic heterocycles. The Kier molecular flexibility index (Phi) is 3.91. The highest BCUT2D eigenvalue weighted by molar-refractivity contribution is 5.21. The normalized spacial score (nSPS) is 22.2. The SMILES string of the molecule is Cc1ccncc1CNC(C)C1CCCO1. The molecular weight excluding hydrogens is 200 g/mol. The molecule has 0 saturated carbocycles. The van der Waals surface area contributed by atoms with Gasteiger partial charge in [-0.05, 0) is 43.9 Å². The van der Waals surface area contributed by atoms with Crippen LogP contribution in [0.25, 0.3) is 0 Å². The molecule has 3 heteroatoms. The molecule has 0 spiro atoms. The van der Waals surface area contributed by atoms with Gasteiger partial charge in [0.2, 0.25) is 0 Å². The Balaban J connectivity index is 1.84. The van der Waals surface area contributed by atoms with Crippen molar-refractivity contribution < 1.29 is 4.74 Å². The number of pyridine rings is 1. The van der Waals surface area contributed by atoms with Gasteiger partial charge in [0.1, 0.15) is 0 Å². The van der Waals surface area contributed by atoms with E-state index in [1.165, 1.54) is 24.0 Å². The number of hydrogen-bond donors (Lipinski definition) is 1. The zero-order chi connectivity index (χ0) is 11.4. The van der Waals surface area contributed by atoms with Crippen molar-refractivity contribution in [3.63, 3.8) is 0 Å². The van der Waals surface area contributed by atoms with Gasteiger partial charge in [-0.2, -0.15) is 0 Å². The van der Waals surface area contributed by atoms with Crippen molar-refractivity contribution in [2.24, 2.45) is 0 Å². The Bertz CT molecular complexity index is 334. The Morgan fingerprint density at radius 1 is 1.62 bits per heavy atom. The van der Waals surface area contributed by atoms with E-state index in [1.807, 2.05) is 18.5 Å². The Morgan fingerprint density at radius 2 is 2.50 bits per heavy atom. The first-order valence-electron chi connectivity index (χ1n) is 6.02. The number of nitrogens with zero attached hydrogens (tertiary/aromatic N) is 1. The van der Waals surface area contributed by atoms with Crippen LogP contribution >= 0.6 is 0 Å². The summed E-state index contributed by atoms with van der Waals surface area (Å²) >= 11 is 0. The maximum atomic E-state index is 5.66. The summed E-state index contributed by atoms with van der Waals surface area (Å²) in [5.41, 5.74) is 2.56. The minimum Gasteiger partial charge on any atom is -0.377 e. The van der Waals surface area contributed by atoms with Gasteiger partial charge in [-0.1, -0.05) is 0 Å². The number of aromatic nitrogens is 1. The fourth-order valence-corrected chi connectivity index (χ4v) is 2.08. The molecule has 0 aliphatic carbocycles. The maximum absolute atomic E-state index is 5.66. The fraction of sp³-hybridized carbons (Fsp3) is 0.615. The van der Waals surface area contributed by atoms with E-state index in [0.29, 0.717) is 12.1 Å². The van der Waals surface area contributed by atoms with Crippen LogP contribution in [0.3, 0.4) is 0 Å². The van der Waals surface area contributed by atoms with Crippen LogP contribution in [0.15, 0.2) is 18.5 Å². The molecule has 0 radical (unpaired) electrons. The summed E-state index contributed by atoms with van der Waals surface area (Å²) in [6.45, 7) is 6.11. The minimum absolute atomic E-state index is 0.386. The van der Waals surface area contributed by atoms with Crippen molar-refractivity contribution in [2.75, 3.05) is 6.61 Å². The standard InChI is InChI=1S/C13H20N2O/c1-10-5-6-14-8-12(10)9-15-11(2)13-4-3-7-16-13/h5-6,8,11,13,15H,3-4,7,9H2,1-2H3. The first-order valence-corrected chi connectivity index (χ1v) is 6.02. The van der Waals surface area contributed by atoms with Crippen molar-refractivity contribution in [3.05, 3.63) is 29.6 Å². The van der Waals surface area contributed by atoms with Crippen LogP contribution in [0, 0.1) is 6.92 Å². The van der Waals surface area contributed by atoms with E-state index in [1.54, 1.807) is 0 Å². The number of nitrogens with one attached hydrogen (secondary N) is 1. The molecule has 1 aliphatic rings. The van der Waals surface area contributed by atoms with Crippen molar-refractivity contribution in [3.8, 4) is 0 Å². The highest BCUT2D eigenvalue weighted by Gasteiger charge is 2.21. The molecule has 1 fully saturated rings. The molecule has 16 heavy (non-hydrogen) atoms. The molecular formula is C13H20N2O. The minimum atomic E-state index is 0.386. The van der Waals surface area contributed by atoms with Crippen LogP contribution < -0.4 is 5.32 Å². The largest absolute Gasteiger partial charge is 0.377 e. The second-order valence-electron chi connectivity index (χ2n) is 4.52. The molecule has 2 heterocycles. The van der Waals surface area contributed by atoms with E-state index in [-0.39, 0.29) is 0 Å². The zero-order valence-corrected chi connectivity index (χ0v) is 10.1. The van der Waals surface area contributed by atoms with Crippen LogP contribution in [-0.2, 0) is 11.3 Å². The van der Waals surface area contributed by atoms with Gasteiger partial charge < -0.3 is 10.1 Å². The van der Waals surface area contributed by atoms with E-state index < -0.39 is 0 Å². The molecule has 1 saturated heterocycles. The van der Waals surface area contributed by atoms with E-state index in [2.05, 4.69) is 24.1 Å². The van der Waals surface area contributed by atoms with Gasteiger partial charge in [-0.25, -0.2) is 0 Å². The third kappa shape index (κ3) is 2.80. The second-order valence-corrected chi connectivity index (χ2v) is 4.52. The van der Waals surface area contributed by atoms with Crippen molar-refractivity contribution in [2.45, 2.75) is 45.4 Å². The highest BCUT2D eigenvalue weighted by atomic mass is 16.5. The fourth-order valence-electron chi connectivity index (χ4n) is 2.08. The monoisotopic (exact) mass is 220 g/mol. The molecule has 0 bridgehead atoms. The molecule has 2 unspecified atom stereocenters. The van der Waals surface area contributed by atoms with E-state index in [4.69, 9.17) is 4.74 Å². The first kappa shape index (κ1) is 11.6. The molecule has 88 valence electrons. The molecule has 1 N–H and O–H groups in total. The molecule has 0 aromatic carbocycles. The summed E-state index contributed by atoms with van der Waals surface area (Å²) < 4.78 is 5.66. The van der Waals surface area contributed by atoms with E-state index in [0.717, 1.165) is 13.2 Å². The smallest absolute Gasteiger partial charge is 0.0726 e.